The van der Waals surface area contributed by atoms with E-state index < -0.39 is 12.5 Å². The molecular formula is C10H16FNO4. The molecule has 0 radical (unpaired) electrons. The van der Waals surface area contributed by atoms with Gasteiger partial charge in [0.25, 0.3) is 0 Å². The van der Waals surface area contributed by atoms with E-state index in [9.17, 15) is 14.0 Å². The van der Waals surface area contributed by atoms with E-state index in [2.05, 4.69) is 9.47 Å². The maximum absolute atomic E-state index is 12.9. The van der Waals surface area contributed by atoms with Crippen molar-refractivity contribution in [2.24, 2.45) is 5.92 Å². The number of hydrogen-bond donors (Lipinski definition) is 0. The SMILES string of the molecule is CCCC(F)OC(=O)N1CC(C(=O)OC)C1. The first-order valence-corrected chi connectivity index (χ1v) is 5.26. The van der Waals surface area contributed by atoms with E-state index in [-0.39, 0.29) is 31.4 Å². The van der Waals surface area contributed by atoms with E-state index >= 15 is 0 Å². The van der Waals surface area contributed by atoms with Crippen molar-refractivity contribution in [3.8, 4) is 0 Å². The third-order valence-electron chi connectivity index (χ3n) is 2.42. The van der Waals surface area contributed by atoms with Gasteiger partial charge in [0.2, 0.25) is 6.36 Å². The predicted molar refractivity (Wildman–Crippen MR) is 53.4 cm³/mol. The van der Waals surface area contributed by atoms with Crippen LogP contribution in [-0.4, -0.2) is 43.5 Å². The van der Waals surface area contributed by atoms with E-state index in [0.29, 0.717) is 6.42 Å². The highest BCUT2D eigenvalue weighted by molar-refractivity contribution is 5.78. The van der Waals surface area contributed by atoms with Gasteiger partial charge < -0.3 is 14.4 Å². The molecule has 0 aliphatic carbocycles. The lowest BCUT2D eigenvalue weighted by Gasteiger charge is -2.36. The molecule has 1 heterocycles. The molecule has 1 unspecified atom stereocenters. The van der Waals surface area contributed by atoms with Crippen molar-refractivity contribution in [2.45, 2.75) is 26.1 Å². The van der Waals surface area contributed by atoms with Crippen LogP contribution in [0.2, 0.25) is 0 Å². The Kier molecular flexibility index (Phi) is 4.52. The van der Waals surface area contributed by atoms with Gasteiger partial charge in [-0.25, -0.2) is 9.18 Å². The van der Waals surface area contributed by atoms with Gasteiger partial charge in [-0.3, -0.25) is 4.79 Å². The summed E-state index contributed by atoms with van der Waals surface area (Å²) >= 11 is 0. The molecule has 16 heavy (non-hydrogen) atoms. The van der Waals surface area contributed by atoms with Crippen LogP contribution in [0, 0.1) is 5.92 Å². The van der Waals surface area contributed by atoms with Crippen molar-refractivity contribution in [2.75, 3.05) is 20.2 Å². The van der Waals surface area contributed by atoms with Crippen molar-refractivity contribution in [1.82, 2.24) is 4.90 Å². The highest BCUT2D eigenvalue weighted by Gasteiger charge is 2.37. The van der Waals surface area contributed by atoms with Crippen molar-refractivity contribution in [3.05, 3.63) is 0 Å². The van der Waals surface area contributed by atoms with Crippen LogP contribution in [0.5, 0.6) is 0 Å². The molecule has 0 aromatic rings. The van der Waals surface area contributed by atoms with Gasteiger partial charge in [-0.1, -0.05) is 6.92 Å². The lowest BCUT2D eigenvalue weighted by atomic mass is 10.0. The molecule has 6 heteroatoms. The molecule has 1 atom stereocenters. The van der Waals surface area contributed by atoms with E-state index in [4.69, 9.17) is 0 Å². The monoisotopic (exact) mass is 233 g/mol. The number of rotatable bonds is 4. The number of hydrogen-bond acceptors (Lipinski definition) is 4. The van der Waals surface area contributed by atoms with Crippen LogP contribution in [0.1, 0.15) is 19.8 Å². The van der Waals surface area contributed by atoms with Gasteiger partial charge >= 0.3 is 12.1 Å². The maximum Gasteiger partial charge on any atom is 0.412 e. The van der Waals surface area contributed by atoms with Crippen LogP contribution in [0.4, 0.5) is 9.18 Å². The molecule has 0 saturated carbocycles. The lowest BCUT2D eigenvalue weighted by Crippen LogP contribution is -2.53. The van der Waals surface area contributed by atoms with Gasteiger partial charge in [0.15, 0.2) is 0 Å². The smallest absolute Gasteiger partial charge is 0.412 e. The second kappa shape index (κ2) is 5.67. The summed E-state index contributed by atoms with van der Waals surface area (Å²) in [6, 6.07) is 0. The number of amides is 1. The van der Waals surface area contributed by atoms with Crippen molar-refractivity contribution < 1.29 is 23.5 Å². The molecule has 92 valence electrons. The third kappa shape index (κ3) is 3.08. The first-order chi connectivity index (χ1) is 7.58. The Morgan fingerprint density at radius 1 is 1.50 bits per heavy atom. The summed E-state index contributed by atoms with van der Waals surface area (Å²) in [6.07, 6.45) is -1.46. The quantitative estimate of drug-likeness (QED) is 0.687. The second-order valence-electron chi connectivity index (χ2n) is 3.71. The van der Waals surface area contributed by atoms with E-state index in [1.54, 1.807) is 6.92 Å². The molecule has 1 saturated heterocycles. The molecule has 0 spiro atoms. The normalized spacial score (nSPS) is 17.6. The van der Waals surface area contributed by atoms with Crippen molar-refractivity contribution in [1.29, 1.82) is 0 Å². The summed E-state index contributed by atoms with van der Waals surface area (Å²) in [5.41, 5.74) is 0. The Morgan fingerprint density at radius 3 is 2.62 bits per heavy atom. The van der Waals surface area contributed by atoms with Gasteiger partial charge in [-0.2, -0.15) is 0 Å². The first kappa shape index (κ1) is 12.7. The van der Waals surface area contributed by atoms with E-state index in [1.807, 2.05) is 0 Å². The number of carbonyl (C=O) groups is 2. The second-order valence-corrected chi connectivity index (χ2v) is 3.71. The van der Waals surface area contributed by atoms with Gasteiger partial charge in [0.1, 0.15) is 0 Å². The zero-order chi connectivity index (χ0) is 12.1. The van der Waals surface area contributed by atoms with Crippen molar-refractivity contribution >= 4 is 12.1 Å². The van der Waals surface area contributed by atoms with E-state index in [0.717, 1.165) is 0 Å². The molecule has 1 aliphatic heterocycles. The number of ether oxygens (including phenoxy) is 2. The Bertz CT molecular complexity index is 266. The summed E-state index contributed by atoms with van der Waals surface area (Å²) in [6.45, 7) is 2.28. The summed E-state index contributed by atoms with van der Waals surface area (Å²) in [7, 11) is 1.29. The molecule has 0 N–H and O–H groups in total. The topological polar surface area (TPSA) is 55.8 Å². The van der Waals surface area contributed by atoms with Crippen LogP contribution >= 0.6 is 0 Å². The van der Waals surface area contributed by atoms with Crippen LogP contribution in [0.3, 0.4) is 0 Å². The minimum atomic E-state index is -1.56. The fourth-order valence-electron chi connectivity index (χ4n) is 1.41. The van der Waals surface area contributed by atoms with Gasteiger partial charge in [-0.15, -0.1) is 0 Å². The molecule has 1 aliphatic rings. The average molecular weight is 233 g/mol. The van der Waals surface area contributed by atoms with Gasteiger partial charge in [0.05, 0.1) is 13.0 Å². The number of likely N-dealkylation sites (tertiary alicyclic amines) is 1. The van der Waals surface area contributed by atoms with E-state index in [1.165, 1.54) is 12.0 Å². The first-order valence-electron chi connectivity index (χ1n) is 5.26. The summed E-state index contributed by atoms with van der Waals surface area (Å²) < 4.78 is 22.0. The number of alkyl halides is 1. The Hall–Kier alpha value is -1.33. The zero-order valence-electron chi connectivity index (χ0n) is 9.44. The highest BCUT2D eigenvalue weighted by Crippen LogP contribution is 2.19. The molecular weight excluding hydrogens is 217 g/mol. The molecule has 1 amide bonds. The van der Waals surface area contributed by atoms with Gasteiger partial charge in [-0.05, 0) is 6.42 Å². The minimum Gasteiger partial charge on any atom is -0.469 e. The molecule has 0 bridgehead atoms. The standard InChI is InChI=1S/C10H16FNO4/c1-3-4-8(11)16-10(14)12-5-7(6-12)9(13)15-2/h7-8H,3-6H2,1-2H3. The third-order valence-corrected chi connectivity index (χ3v) is 2.42. The molecule has 5 nitrogen and oxygen atoms in total. The summed E-state index contributed by atoms with van der Waals surface area (Å²) in [4.78, 5) is 23.6. The maximum atomic E-state index is 12.9. The lowest BCUT2D eigenvalue weighted by molar-refractivity contribution is -0.150. The largest absolute Gasteiger partial charge is 0.469 e. The zero-order valence-corrected chi connectivity index (χ0v) is 9.44. The Labute approximate surface area is 93.5 Å². The predicted octanol–water partition coefficient (Wildman–Crippen LogP) is 1.32. The fraction of sp³-hybridized carbons (Fsp3) is 0.800. The number of carbonyl (C=O) groups excluding carboxylic acids is 2. The number of halogens is 1. The highest BCUT2D eigenvalue weighted by atomic mass is 19.1. The number of esters is 1. The molecule has 0 aromatic heterocycles. The minimum absolute atomic E-state index is 0.194. The Balaban J connectivity index is 2.24. The fourth-order valence-corrected chi connectivity index (χ4v) is 1.41. The van der Waals surface area contributed by atoms with Crippen molar-refractivity contribution in [3.63, 3.8) is 0 Å². The molecule has 0 aromatic carbocycles. The number of nitrogens with zero attached hydrogens (tertiary/aromatic N) is 1. The average Bonchev–Trinajstić information content (AvgIpc) is 2.15. The molecule has 1 rings (SSSR count). The Morgan fingerprint density at radius 2 is 2.12 bits per heavy atom. The van der Waals surface area contributed by atoms with Crippen LogP contribution in [0.15, 0.2) is 0 Å². The number of methoxy groups -OCH3 is 1. The summed E-state index contributed by atoms with van der Waals surface area (Å²) in [5, 5.41) is 0. The molecule has 1 fully saturated rings. The van der Waals surface area contributed by atoms with Crippen LogP contribution in [0.25, 0.3) is 0 Å². The van der Waals surface area contributed by atoms with Gasteiger partial charge in [0, 0.05) is 19.5 Å². The van der Waals surface area contributed by atoms with Crippen LogP contribution < -0.4 is 0 Å². The van der Waals surface area contributed by atoms with Crippen LogP contribution in [-0.2, 0) is 14.3 Å². The summed E-state index contributed by atoms with van der Waals surface area (Å²) in [5.74, 6) is -0.656.